The van der Waals surface area contributed by atoms with Crippen molar-refractivity contribution in [1.29, 1.82) is 0 Å². The number of hydrogen-bond acceptors (Lipinski definition) is 4. The second-order valence-corrected chi connectivity index (χ2v) is 6.17. The molecule has 0 aliphatic rings. The number of carboxylic acid groups (broad SMARTS) is 2. The fourth-order valence-corrected chi connectivity index (χ4v) is 2.13. The van der Waals surface area contributed by atoms with Gasteiger partial charge in [-0.1, -0.05) is 13.8 Å². The molecule has 0 saturated carbocycles. The molecule has 0 fully saturated rings. The number of carboxylic acids is 2. The molecule has 1 unspecified atom stereocenters. The number of nitrogens with one attached hydrogen (secondary N) is 2. The van der Waals surface area contributed by atoms with Crippen molar-refractivity contribution in [1.82, 2.24) is 10.6 Å². The molecule has 4 N–H and O–H groups in total. The molecular weight excluding hydrogens is 260 g/mol. The molecule has 6 nitrogen and oxygen atoms in total. The van der Waals surface area contributed by atoms with Crippen LogP contribution < -0.4 is 10.6 Å². The maximum atomic E-state index is 11.0. The van der Waals surface area contributed by atoms with Crippen molar-refractivity contribution < 1.29 is 19.8 Å². The Morgan fingerprint density at radius 1 is 1.10 bits per heavy atom. The van der Waals surface area contributed by atoms with Crippen molar-refractivity contribution in [2.45, 2.75) is 77.5 Å². The van der Waals surface area contributed by atoms with E-state index >= 15 is 0 Å². The first-order valence-corrected chi connectivity index (χ1v) is 7.03. The molecule has 0 aromatic heterocycles. The Hall–Kier alpha value is -1.14. The zero-order valence-electron chi connectivity index (χ0n) is 13.1. The van der Waals surface area contributed by atoms with E-state index in [1.165, 1.54) is 0 Å². The third-order valence-electron chi connectivity index (χ3n) is 3.08. The zero-order valence-corrected chi connectivity index (χ0v) is 13.1. The van der Waals surface area contributed by atoms with Gasteiger partial charge in [0, 0.05) is 18.1 Å². The summed E-state index contributed by atoms with van der Waals surface area (Å²) in [6, 6.07) is 0.133. The SMILES string of the molecule is CC(C)N[C@@H](CCC(C)NC(C)(C)C(=O)O)CC(=O)O. The summed E-state index contributed by atoms with van der Waals surface area (Å²) >= 11 is 0. The van der Waals surface area contributed by atoms with E-state index in [0.29, 0.717) is 12.8 Å². The quantitative estimate of drug-likeness (QED) is 0.485. The van der Waals surface area contributed by atoms with E-state index in [-0.39, 0.29) is 24.5 Å². The lowest BCUT2D eigenvalue weighted by Crippen LogP contribution is -2.51. The Morgan fingerprint density at radius 2 is 1.65 bits per heavy atom. The third-order valence-corrected chi connectivity index (χ3v) is 3.08. The first-order chi connectivity index (χ1) is 9.04. The van der Waals surface area contributed by atoms with Gasteiger partial charge in [-0.2, -0.15) is 0 Å². The van der Waals surface area contributed by atoms with Crippen molar-refractivity contribution in [3.63, 3.8) is 0 Å². The lowest BCUT2D eigenvalue weighted by molar-refractivity contribution is -0.143. The molecule has 0 spiro atoms. The molecule has 0 aliphatic carbocycles. The van der Waals surface area contributed by atoms with Crippen LogP contribution in [0.1, 0.15) is 53.9 Å². The predicted molar refractivity (Wildman–Crippen MR) is 77.9 cm³/mol. The fraction of sp³-hybridized carbons (Fsp3) is 0.857. The van der Waals surface area contributed by atoms with Crippen LogP contribution in [0.3, 0.4) is 0 Å². The second kappa shape index (κ2) is 8.21. The normalized spacial score (nSPS) is 15.1. The molecule has 0 aromatic carbocycles. The van der Waals surface area contributed by atoms with Crippen LogP contribution in [0.2, 0.25) is 0 Å². The average Bonchev–Trinajstić information content (AvgIpc) is 2.23. The van der Waals surface area contributed by atoms with Gasteiger partial charge in [0.1, 0.15) is 5.54 Å². The van der Waals surface area contributed by atoms with Gasteiger partial charge in [0.05, 0.1) is 6.42 Å². The maximum Gasteiger partial charge on any atom is 0.323 e. The van der Waals surface area contributed by atoms with Crippen molar-refractivity contribution in [3.8, 4) is 0 Å². The Morgan fingerprint density at radius 3 is 2.05 bits per heavy atom. The highest BCUT2D eigenvalue weighted by Crippen LogP contribution is 2.10. The Balaban J connectivity index is 4.32. The van der Waals surface area contributed by atoms with Gasteiger partial charge in [0.15, 0.2) is 0 Å². The second-order valence-electron chi connectivity index (χ2n) is 6.17. The maximum absolute atomic E-state index is 11.0. The van der Waals surface area contributed by atoms with Crippen LogP contribution in [-0.2, 0) is 9.59 Å². The molecule has 20 heavy (non-hydrogen) atoms. The molecule has 0 radical (unpaired) electrons. The van der Waals surface area contributed by atoms with E-state index in [4.69, 9.17) is 10.2 Å². The lowest BCUT2D eigenvalue weighted by atomic mass is 10.00. The minimum absolute atomic E-state index is 0.00589. The van der Waals surface area contributed by atoms with Crippen LogP contribution in [0.15, 0.2) is 0 Å². The van der Waals surface area contributed by atoms with E-state index in [1.54, 1.807) is 13.8 Å². The highest BCUT2D eigenvalue weighted by molar-refractivity contribution is 5.77. The predicted octanol–water partition coefficient (Wildman–Crippen LogP) is 1.45. The molecule has 0 aliphatic heterocycles. The van der Waals surface area contributed by atoms with Crippen LogP contribution >= 0.6 is 0 Å². The first kappa shape index (κ1) is 18.9. The molecule has 118 valence electrons. The van der Waals surface area contributed by atoms with Crippen molar-refractivity contribution in [2.24, 2.45) is 0 Å². The molecule has 0 aromatic rings. The summed E-state index contributed by atoms with van der Waals surface area (Å²) in [5.41, 5.74) is -0.979. The molecular formula is C14H28N2O4. The minimum atomic E-state index is -0.979. The van der Waals surface area contributed by atoms with Gasteiger partial charge in [-0.15, -0.1) is 0 Å². The molecule has 2 atom stereocenters. The lowest BCUT2D eigenvalue weighted by Gasteiger charge is -2.27. The van der Waals surface area contributed by atoms with Gasteiger partial charge in [-0.25, -0.2) is 0 Å². The monoisotopic (exact) mass is 288 g/mol. The van der Waals surface area contributed by atoms with Gasteiger partial charge in [-0.05, 0) is 33.6 Å². The van der Waals surface area contributed by atoms with Crippen LogP contribution in [0.5, 0.6) is 0 Å². The molecule has 6 heteroatoms. The van der Waals surface area contributed by atoms with Crippen molar-refractivity contribution in [3.05, 3.63) is 0 Å². The first-order valence-electron chi connectivity index (χ1n) is 7.03. The topological polar surface area (TPSA) is 98.7 Å². The number of aliphatic carboxylic acids is 2. The summed E-state index contributed by atoms with van der Waals surface area (Å²) in [6.07, 6.45) is 1.48. The summed E-state index contributed by atoms with van der Waals surface area (Å²) in [4.78, 5) is 21.9. The zero-order chi connectivity index (χ0) is 15.9. The molecule has 0 saturated heterocycles. The number of hydrogen-bond donors (Lipinski definition) is 4. The standard InChI is InChI=1S/C14H28N2O4/c1-9(2)15-11(8-12(17)18)7-6-10(3)16-14(4,5)13(19)20/h9-11,15-16H,6-8H2,1-5H3,(H,17,18)(H,19,20)/t10?,11-/m0/s1. The fourth-order valence-electron chi connectivity index (χ4n) is 2.13. The van der Waals surface area contributed by atoms with Crippen LogP contribution in [-0.4, -0.2) is 45.8 Å². The Kier molecular flexibility index (Phi) is 7.75. The highest BCUT2D eigenvalue weighted by Gasteiger charge is 2.28. The molecule has 0 heterocycles. The molecule has 0 rings (SSSR count). The van der Waals surface area contributed by atoms with E-state index in [2.05, 4.69) is 10.6 Å². The van der Waals surface area contributed by atoms with Gasteiger partial charge >= 0.3 is 11.9 Å². The van der Waals surface area contributed by atoms with Gasteiger partial charge in [-0.3, -0.25) is 14.9 Å². The van der Waals surface area contributed by atoms with E-state index < -0.39 is 17.5 Å². The van der Waals surface area contributed by atoms with E-state index in [0.717, 1.165) is 0 Å². The minimum Gasteiger partial charge on any atom is -0.481 e. The van der Waals surface area contributed by atoms with Gasteiger partial charge in [0.2, 0.25) is 0 Å². The number of rotatable bonds is 10. The van der Waals surface area contributed by atoms with E-state index in [1.807, 2.05) is 20.8 Å². The van der Waals surface area contributed by atoms with Crippen molar-refractivity contribution >= 4 is 11.9 Å². The average molecular weight is 288 g/mol. The van der Waals surface area contributed by atoms with Crippen LogP contribution in [0, 0.1) is 0 Å². The highest BCUT2D eigenvalue weighted by atomic mass is 16.4. The molecule has 0 amide bonds. The summed E-state index contributed by atoms with van der Waals surface area (Å²) in [5.74, 6) is -1.72. The van der Waals surface area contributed by atoms with Crippen molar-refractivity contribution in [2.75, 3.05) is 0 Å². The molecule has 0 bridgehead atoms. The smallest absolute Gasteiger partial charge is 0.323 e. The van der Waals surface area contributed by atoms with Crippen LogP contribution in [0.4, 0.5) is 0 Å². The summed E-state index contributed by atoms with van der Waals surface area (Å²) in [7, 11) is 0. The van der Waals surface area contributed by atoms with E-state index in [9.17, 15) is 9.59 Å². The Labute approximate surface area is 120 Å². The summed E-state index contributed by atoms with van der Waals surface area (Å²) < 4.78 is 0. The Bertz CT molecular complexity index is 329. The van der Waals surface area contributed by atoms with Crippen LogP contribution in [0.25, 0.3) is 0 Å². The van der Waals surface area contributed by atoms with Gasteiger partial charge < -0.3 is 15.5 Å². The third kappa shape index (κ3) is 8.12. The number of carbonyl (C=O) groups is 2. The summed E-state index contributed by atoms with van der Waals surface area (Å²) in [5, 5.41) is 24.2. The van der Waals surface area contributed by atoms with Gasteiger partial charge in [0.25, 0.3) is 0 Å². The summed E-state index contributed by atoms with van der Waals surface area (Å²) in [6.45, 7) is 9.10. The largest absolute Gasteiger partial charge is 0.481 e.